The van der Waals surface area contributed by atoms with Gasteiger partial charge in [0.05, 0.1) is 30.9 Å². The highest BCUT2D eigenvalue weighted by molar-refractivity contribution is 7.14. The van der Waals surface area contributed by atoms with E-state index in [-0.39, 0.29) is 17.9 Å². The van der Waals surface area contributed by atoms with Crippen LogP contribution in [0.5, 0.6) is 5.75 Å². The van der Waals surface area contributed by atoms with Crippen molar-refractivity contribution >= 4 is 22.4 Å². The van der Waals surface area contributed by atoms with Crippen molar-refractivity contribution in [1.82, 2.24) is 10.3 Å². The number of hydrogen-bond donors (Lipinski definition) is 1. The molecule has 0 spiro atoms. The number of para-hydroxylation sites is 1. The maximum atomic E-state index is 12.7. The van der Waals surface area contributed by atoms with Crippen molar-refractivity contribution in [2.24, 2.45) is 11.3 Å². The molecular weight excluding hydrogens is 498 g/mol. The van der Waals surface area contributed by atoms with Gasteiger partial charge in [0.15, 0.2) is 5.13 Å². The van der Waals surface area contributed by atoms with Gasteiger partial charge in [-0.1, -0.05) is 24.3 Å². The van der Waals surface area contributed by atoms with E-state index in [1.165, 1.54) is 29.4 Å². The van der Waals surface area contributed by atoms with Crippen molar-refractivity contribution in [1.29, 1.82) is 0 Å². The Morgan fingerprint density at radius 1 is 1.24 bits per heavy atom. The molecular formula is C30H35N3O4S. The fraction of sp³-hybridized carbons (Fsp3) is 0.467. The second-order valence-electron chi connectivity index (χ2n) is 10.8. The van der Waals surface area contributed by atoms with Crippen LogP contribution in [0.15, 0.2) is 35.7 Å². The largest absolute Gasteiger partial charge is 0.488 e. The lowest BCUT2D eigenvalue weighted by molar-refractivity contribution is -0.148. The van der Waals surface area contributed by atoms with Crippen LogP contribution in [-0.2, 0) is 33.8 Å². The average molecular weight is 534 g/mol. The highest BCUT2D eigenvalue weighted by Crippen LogP contribution is 2.63. The summed E-state index contributed by atoms with van der Waals surface area (Å²) in [6.45, 7) is 8.01. The lowest BCUT2D eigenvalue weighted by Gasteiger charge is -2.30. The Hall–Kier alpha value is -2.94. The molecule has 3 aromatic rings. The van der Waals surface area contributed by atoms with Crippen molar-refractivity contribution < 1.29 is 19.0 Å². The zero-order valence-electron chi connectivity index (χ0n) is 22.5. The molecule has 1 N–H and O–H groups in total. The average Bonchev–Trinajstić information content (AvgIpc) is 3.28. The predicted octanol–water partition coefficient (Wildman–Crippen LogP) is 4.67. The first-order chi connectivity index (χ1) is 18.5. The zero-order valence-corrected chi connectivity index (χ0v) is 23.3. The van der Waals surface area contributed by atoms with Crippen molar-refractivity contribution in [2.75, 3.05) is 38.8 Å². The molecule has 3 atom stereocenters. The maximum Gasteiger partial charge on any atom is 0.314 e. The van der Waals surface area contributed by atoms with Gasteiger partial charge in [0.1, 0.15) is 12.4 Å². The van der Waals surface area contributed by atoms with E-state index in [0.29, 0.717) is 13.2 Å². The Kier molecular flexibility index (Phi) is 6.66. The van der Waals surface area contributed by atoms with Crippen LogP contribution in [0, 0.1) is 25.2 Å². The Morgan fingerprint density at radius 3 is 2.92 bits per heavy atom. The Bertz CT molecular complexity index is 1370. The number of nitrogens with one attached hydrogen (secondary N) is 1. The minimum Gasteiger partial charge on any atom is -0.488 e. The molecule has 2 fully saturated rings. The maximum absolute atomic E-state index is 12.7. The van der Waals surface area contributed by atoms with E-state index in [1.54, 1.807) is 18.4 Å². The monoisotopic (exact) mass is 533 g/mol. The number of aromatic nitrogens is 1. The molecule has 0 bridgehead atoms. The topological polar surface area (TPSA) is 72.9 Å². The van der Waals surface area contributed by atoms with Gasteiger partial charge >= 0.3 is 5.97 Å². The van der Waals surface area contributed by atoms with Gasteiger partial charge in [-0.3, -0.25) is 4.79 Å². The third kappa shape index (κ3) is 4.19. The quantitative estimate of drug-likeness (QED) is 0.422. The molecule has 200 valence electrons. The van der Waals surface area contributed by atoms with E-state index >= 15 is 0 Å². The summed E-state index contributed by atoms with van der Waals surface area (Å²) >= 11 is 1.60. The Labute approximate surface area is 228 Å². The molecule has 0 amide bonds. The van der Waals surface area contributed by atoms with Gasteiger partial charge in [0.25, 0.3) is 0 Å². The smallest absolute Gasteiger partial charge is 0.314 e. The van der Waals surface area contributed by atoms with Gasteiger partial charge in [0, 0.05) is 31.1 Å². The number of thiazole rings is 1. The van der Waals surface area contributed by atoms with E-state index in [2.05, 4.69) is 59.8 Å². The summed E-state index contributed by atoms with van der Waals surface area (Å²) in [6.07, 6.45) is 1.91. The van der Waals surface area contributed by atoms with Crippen molar-refractivity contribution in [3.05, 3.63) is 63.5 Å². The minimum absolute atomic E-state index is 0.0698. The molecule has 1 saturated carbocycles. The first kappa shape index (κ1) is 25.3. The molecule has 2 aliphatic heterocycles. The van der Waals surface area contributed by atoms with Crippen LogP contribution < -0.4 is 15.0 Å². The highest BCUT2D eigenvalue weighted by atomic mass is 32.1. The number of fused-ring (bicyclic) bond motifs is 2. The van der Waals surface area contributed by atoms with E-state index in [0.717, 1.165) is 60.2 Å². The van der Waals surface area contributed by atoms with Gasteiger partial charge in [-0.05, 0) is 73.0 Å². The number of carbonyl (C=O) groups is 1. The van der Waals surface area contributed by atoms with Crippen LogP contribution in [0.3, 0.4) is 0 Å². The summed E-state index contributed by atoms with van der Waals surface area (Å²) in [5.74, 6) is 1.02. The summed E-state index contributed by atoms with van der Waals surface area (Å²) in [5.41, 5.74) is 7.85. The second-order valence-corrected chi connectivity index (χ2v) is 11.6. The number of rotatable bonds is 8. The van der Waals surface area contributed by atoms with Gasteiger partial charge < -0.3 is 24.4 Å². The molecule has 1 saturated heterocycles. The van der Waals surface area contributed by atoms with Gasteiger partial charge in [0.2, 0.25) is 0 Å². The van der Waals surface area contributed by atoms with E-state index in [9.17, 15) is 4.79 Å². The number of methoxy groups -OCH3 is 2. The van der Waals surface area contributed by atoms with Crippen LogP contribution in [0.25, 0.3) is 11.3 Å². The molecule has 3 aliphatic rings. The number of nitrogens with zero attached hydrogens (tertiary/aromatic N) is 2. The first-order valence-electron chi connectivity index (χ1n) is 13.3. The van der Waals surface area contributed by atoms with Gasteiger partial charge in [-0.15, -0.1) is 11.3 Å². The molecule has 6 rings (SSSR count). The van der Waals surface area contributed by atoms with E-state index in [4.69, 9.17) is 19.2 Å². The number of hydrogen-bond acceptors (Lipinski definition) is 8. The summed E-state index contributed by atoms with van der Waals surface area (Å²) in [7, 11) is 3.16. The lowest BCUT2D eigenvalue weighted by Crippen LogP contribution is -2.44. The third-order valence-electron chi connectivity index (χ3n) is 8.54. The molecule has 3 heterocycles. The van der Waals surface area contributed by atoms with E-state index < -0.39 is 5.41 Å². The van der Waals surface area contributed by atoms with Crippen LogP contribution in [0.4, 0.5) is 5.13 Å². The van der Waals surface area contributed by atoms with Gasteiger partial charge in [-0.2, -0.15) is 0 Å². The number of ether oxygens (including phenoxy) is 3. The molecule has 1 aliphatic carbocycles. The standard InChI is InChI=1S/C30H35N3O4S/c1-18-6-5-7-23(27(18)37-15-20-10-19(2)24-13-31-9-8-21(24)11-20)25-17-38-29(32-25)33-14-22-12-30(22,28(34)36-4)26(33)16-35-3/h5-7,10-11,17,22,26,31H,8-9,12-16H2,1-4H3/t22?,26?,30-/m1/s1. The number of benzene rings is 2. The molecule has 7 nitrogen and oxygen atoms in total. The minimum atomic E-state index is -0.475. The van der Waals surface area contributed by atoms with E-state index in [1.807, 2.05) is 0 Å². The highest BCUT2D eigenvalue weighted by Gasteiger charge is 2.71. The summed E-state index contributed by atoms with van der Waals surface area (Å²) in [6, 6.07) is 10.7. The Morgan fingerprint density at radius 2 is 2.11 bits per heavy atom. The zero-order chi connectivity index (χ0) is 26.4. The number of aryl methyl sites for hydroxylation is 2. The number of carbonyl (C=O) groups excluding carboxylic acids is 1. The summed E-state index contributed by atoms with van der Waals surface area (Å²) < 4.78 is 17.2. The molecule has 1 aromatic heterocycles. The summed E-state index contributed by atoms with van der Waals surface area (Å²) in [5, 5.41) is 6.46. The summed E-state index contributed by atoms with van der Waals surface area (Å²) in [4.78, 5) is 20.0. The predicted molar refractivity (Wildman–Crippen MR) is 149 cm³/mol. The lowest BCUT2D eigenvalue weighted by atomic mass is 9.94. The molecule has 38 heavy (non-hydrogen) atoms. The van der Waals surface area contributed by atoms with Crippen LogP contribution in [-0.4, -0.2) is 50.9 Å². The molecule has 2 aromatic carbocycles. The normalized spacial score (nSPS) is 23.6. The third-order valence-corrected chi connectivity index (χ3v) is 9.41. The first-order valence-corrected chi connectivity index (χ1v) is 14.2. The van der Waals surface area contributed by atoms with Crippen molar-refractivity contribution in [2.45, 2.75) is 45.9 Å². The number of esters is 1. The van der Waals surface area contributed by atoms with Crippen LogP contribution >= 0.6 is 11.3 Å². The fourth-order valence-corrected chi connectivity index (χ4v) is 7.38. The second kappa shape index (κ2) is 9.98. The van der Waals surface area contributed by atoms with Crippen LogP contribution in [0.2, 0.25) is 0 Å². The van der Waals surface area contributed by atoms with Crippen molar-refractivity contribution in [3.8, 4) is 17.0 Å². The number of anilines is 1. The van der Waals surface area contributed by atoms with Crippen LogP contribution in [0.1, 0.15) is 34.2 Å². The molecule has 8 heteroatoms. The van der Waals surface area contributed by atoms with Gasteiger partial charge in [-0.25, -0.2) is 4.98 Å². The molecule has 2 unspecified atom stereocenters. The molecule has 0 radical (unpaired) electrons. The number of piperidine rings is 1. The van der Waals surface area contributed by atoms with Crippen molar-refractivity contribution in [3.63, 3.8) is 0 Å². The fourth-order valence-electron chi connectivity index (χ4n) is 6.50. The SMILES string of the molecule is COCC1N(c2nc(-c3cccc(C)c3OCc3cc(C)c4c(c3)CCNC4)cs2)CC2C[C@@]21C(=O)OC. The Balaban J connectivity index is 1.25.